The first-order chi connectivity index (χ1) is 18.1. The fourth-order valence-electron chi connectivity index (χ4n) is 4.31. The van der Waals surface area contributed by atoms with Gasteiger partial charge in [0.05, 0.1) is 24.5 Å². The van der Waals surface area contributed by atoms with Crippen LogP contribution >= 0.6 is 34.7 Å². The second-order valence-electron chi connectivity index (χ2n) is 8.66. The molecule has 2 aromatic rings. The molecule has 0 bridgehead atoms. The highest BCUT2D eigenvalue weighted by molar-refractivity contribution is 7.99. The molecule has 2 atom stereocenters. The van der Waals surface area contributed by atoms with Crippen LogP contribution in [0.15, 0.2) is 46.0 Å². The van der Waals surface area contributed by atoms with Crippen LogP contribution in [0.5, 0.6) is 0 Å². The number of halogens is 4. The zero-order valence-corrected chi connectivity index (χ0v) is 22.5. The molecule has 0 saturated carbocycles. The first-order valence-corrected chi connectivity index (χ1v) is 14.0. The van der Waals surface area contributed by atoms with Gasteiger partial charge < -0.3 is 15.2 Å². The fraction of sp³-hybridized carbons (Fsp3) is 0.417. The fourth-order valence-corrected chi connectivity index (χ4v) is 6.10. The number of amidine groups is 1. The number of carboxylic acids is 1. The Morgan fingerprint density at radius 1 is 1.39 bits per heavy atom. The van der Waals surface area contributed by atoms with Crippen molar-refractivity contribution in [2.75, 3.05) is 37.7 Å². The van der Waals surface area contributed by atoms with Gasteiger partial charge in [-0.05, 0) is 19.1 Å². The maximum atomic E-state index is 14.8. The molecule has 3 heterocycles. The quantitative estimate of drug-likeness (QED) is 0.398. The number of thiazole rings is 1. The van der Waals surface area contributed by atoms with Crippen molar-refractivity contribution in [1.82, 2.24) is 15.2 Å². The second kappa shape index (κ2) is 12.1. The van der Waals surface area contributed by atoms with Gasteiger partial charge in [0.15, 0.2) is 10.8 Å². The molecule has 2 aliphatic rings. The van der Waals surface area contributed by atoms with E-state index in [1.54, 1.807) is 18.5 Å². The number of carbonyl (C=O) groups excluding carboxylic acids is 1. The van der Waals surface area contributed by atoms with E-state index in [4.69, 9.17) is 21.4 Å². The number of hydrogen-bond donors (Lipinski definition) is 2. The average Bonchev–Trinajstić information content (AvgIpc) is 3.46. The highest BCUT2D eigenvalue weighted by Gasteiger charge is 2.48. The Kier molecular flexibility index (Phi) is 9.01. The lowest BCUT2D eigenvalue weighted by molar-refractivity contribution is -0.139. The summed E-state index contributed by atoms with van der Waals surface area (Å²) in [5.41, 5.74) is 0.718. The van der Waals surface area contributed by atoms with Crippen molar-refractivity contribution >= 4 is 52.5 Å². The van der Waals surface area contributed by atoms with Crippen LogP contribution < -0.4 is 5.32 Å². The first-order valence-electron chi connectivity index (χ1n) is 11.6. The predicted molar refractivity (Wildman–Crippen MR) is 139 cm³/mol. The number of nitrogens with one attached hydrogen (secondary N) is 1. The van der Waals surface area contributed by atoms with E-state index >= 15 is 0 Å². The van der Waals surface area contributed by atoms with Crippen LogP contribution in [0.1, 0.15) is 23.5 Å². The second-order valence-corrected chi connectivity index (χ2v) is 11.0. The number of aromatic nitrogens is 1. The predicted octanol–water partition coefficient (Wildman–Crippen LogP) is 4.23. The van der Waals surface area contributed by atoms with E-state index in [9.17, 15) is 22.8 Å². The number of aliphatic carboxylic acids is 1. The Balaban J connectivity index is 1.70. The van der Waals surface area contributed by atoms with E-state index in [-0.39, 0.29) is 41.8 Å². The largest absolute Gasteiger partial charge is 0.481 e. The van der Waals surface area contributed by atoms with E-state index in [0.717, 1.165) is 17.8 Å². The summed E-state index contributed by atoms with van der Waals surface area (Å²) in [4.78, 5) is 34.4. The summed E-state index contributed by atoms with van der Waals surface area (Å²) >= 11 is 8.59. The summed E-state index contributed by atoms with van der Waals surface area (Å²) in [6, 6.07) is 2.74. The van der Waals surface area contributed by atoms with Crippen molar-refractivity contribution in [1.29, 1.82) is 0 Å². The van der Waals surface area contributed by atoms with Gasteiger partial charge in [-0.25, -0.2) is 22.9 Å². The van der Waals surface area contributed by atoms with Crippen LogP contribution in [0, 0.1) is 11.7 Å². The summed E-state index contributed by atoms with van der Waals surface area (Å²) in [5.74, 6) is -6.41. The van der Waals surface area contributed by atoms with Gasteiger partial charge in [-0.15, -0.1) is 23.1 Å². The monoisotopic (exact) mass is 588 g/mol. The molecule has 1 aromatic heterocycles. The molecule has 204 valence electrons. The summed E-state index contributed by atoms with van der Waals surface area (Å²) in [7, 11) is 0. The van der Waals surface area contributed by atoms with Gasteiger partial charge in [0.2, 0.25) is 0 Å². The van der Waals surface area contributed by atoms with Crippen molar-refractivity contribution in [3.8, 4) is 0 Å². The van der Waals surface area contributed by atoms with Crippen LogP contribution in [0.25, 0.3) is 0 Å². The van der Waals surface area contributed by atoms with Crippen LogP contribution in [0.4, 0.5) is 13.2 Å². The summed E-state index contributed by atoms with van der Waals surface area (Å²) in [6.07, 6.45) is 1.58. The minimum Gasteiger partial charge on any atom is -0.481 e. The average molecular weight is 589 g/mol. The Morgan fingerprint density at radius 3 is 2.84 bits per heavy atom. The summed E-state index contributed by atoms with van der Waals surface area (Å²) < 4.78 is 48.8. The molecule has 1 saturated heterocycles. The number of nitrogens with zero attached hydrogens (tertiary/aromatic N) is 3. The standard InChI is InChI=1S/C24H24ClF3N4O4S2/c1-2-36-23(35)19-17(9-32-8-13(24(27,28)12-32)10-37-11-18(33)34)30-21(22-29-5-6-38-22)31-20(19)15-4-3-14(26)7-16(15)25/h3-7,13,20H,2,8-12H2,1H3,(H,30,31)(H,33,34). The van der Waals surface area contributed by atoms with Gasteiger partial charge in [0.25, 0.3) is 5.92 Å². The van der Waals surface area contributed by atoms with Crippen LogP contribution in [-0.2, 0) is 14.3 Å². The number of thioether (sulfide) groups is 1. The summed E-state index contributed by atoms with van der Waals surface area (Å²) in [5, 5.41) is 14.2. The third-order valence-corrected chi connectivity index (χ3v) is 8.15. The number of carboxylic acid groups (broad SMARTS) is 1. The number of carbonyl (C=O) groups is 2. The van der Waals surface area contributed by atoms with Crippen molar-refractivity contribution in [2.24, 2.45) is 10.9 Å². The highest BCUT2D eigenvalue weighted by atomic mass is 35.5. The van der Waals surface area contributed by atoms with Gasteiger partial charge in [-0.1, -0.05) is 17.7 Å². The number of likely N-dealkylation sites (tertiary alicyclic amines) is 1. The normalized spacial score (nSPS) is 21.2. The number of rotatable bonds is 10. The number of esters is 1. The molecule has 0 aliphatic carbocycles. The number of hydrogen-bond acceptors (Lipinski definition) is 9. The zero-order valence-electron chi connectivity index (χ0n) is 20.1. The van der Waals surface area contributed by atoms with E-state index in [0.29, 0.717) is 22.1 Å². The van der Waals surface area contributed by atoms with Gasteiger partial charge >= 0.3 is 11.9 Å². The maximum absolute atomic E-state index is 14.8. The van der Waals surface area contributed by atoms with E-state index in [1.165, 1.54) is 28.4 Å². The Morgan fingerprint density at radius 2 is 2.18 bits per heavy atom. The van der Waals surface area contributed by atoms with Crippen molar-refractivity contribution in [3.63, 3.8) is 0 Å². The number of alkyl halides is 2. The Bertz CT molecular complexity index is 1260. The molecule has 4 rings (SSSR count). The van der Waals surface area contributed by atoms with Crippen molar-refractivity contribution < 1.29 is 32.6 Å². The highest BCUT2D eigenvalue weighted by Crippen LogP contribution is 2.39. The van der Waals surface area contributed by atoms with Crippen LogP contribution in [0.2, 0.25) is 5.02 Å². The topological polar surface area (TPSA) is 104 Å². The molecular formula is C24H24ClF3N4O4S2. The number of ether oxygens (including phenoxy) is 1. The lowest BCUT2D eigenvalue weighted by Gasteiger charge is -2.29. The Labute approximate surface area is 229 Å². The maximum Gasteiger partial charge on any atom is 0.338 e. The molecule has 1 aromatic carbocycles. The number of benzene rings is 1. The van der Waals surface area contributed by atoms with Gasteiger partial charge in [-0.3, -0.25) is 14.7 Å². The van der Waals surface area contributed by atoms with Crippen molar-refractivity contribution in [3.05, 3.63) is 62.5 Å². The van der Waals surface area contributed by atoms with Crippen LogP contribution in [0.3, 0.4) is 0 Å². The molecular weight excluding hydrogens is 565 g/mol. The van der Waals surface area contributed by atoms with Crippen molar-refractivity contribution in [2.45, 2.75) is 18.9 Å². The first kappa shape index (κ1) is 28.4. The van der Waals surface area contributed by atoms with Gasteiger partial charge in [0.1, 0.15) is 11.9 Å². The lowest BCUT2D eigenvalue weighted by Crippen LogP contribution is -2.39. The minimum absolute atomic E-state index is 0.00734. The van der Waals surface area contributed by atoms with Gasteiger partial charge in [-0.2, -0.15) is 0 Å². The molecule has 38 heavy (non-hydrogen) atoms. The molecule has 2 aliphatic heterocycles. The zero-order chi connectivity index (χ0) is 27.4. The molecule has 0 spiro atoms. The van der Waals surface area contributed by atoms with E-state index in [1.807, 2.05) is 0 Å². The summed E-state index contributed by atoms with van der Waals surface area (Å²) in [6.45, 7) is 1.06. The molecule has 1 fully saturated rings. The molecule has 14 heteroatoms. The van der Waals surface area contributed by atoms with Crippen LogP contribution in [-0.4, -0.2) is 76.4 Å². The SMILES string of the molecule is CCOC(=O)C1=C(CN2CC(CSCC(=O)O)C(F)(F)C2)NC(c2nccs2)=NC1c1ccc(F)cc1Cl. The minimum atomic E-state index is -3.04. The molecule has 0 radical (unpaired) electrons. The smallest absolute Gasteiger partial charge is 0.338 e. The third kappa shape index (κ3) is 6.50. The molecule has 2 unspecified atom stereocenters. The number of aliphatic imine (C=N–C) groups is 1. The molecule has 8 nitrogen and oxygen atoms in total. The lowest BCUT2D eigenvalue weighted by atomic mass is 9.95. The van der Waals surface area contributed by atoms with Gasteiger partial charge in [0, 0.05) is 52.6 Å². The molecule has 2 N–H and O–H groups in total. The van der Waals surface area contributed by atoms with E-state index in [2.05, 4.69) is 15.3 Å². The Hall–Kier alpha value is -2.61. The molecule has 0 amide bonds. The van der Waals surface area contributed by atoms with E-state index < -0.39 is 42.2 Å². The third-order valence-electron chi connectivity index (χ3n) is 5.95.